The van der Waals surface area contributed by atoms with Crippen LogP contribution < -0.4 is 11.1 Å². The zero-order chi connectivity index (χ0) is 28.4. The van der Waals surface area contributed by atoms with E-state index in [1.54, 1.807) is 30.5 Å². The first-order valence-corrected chi connectivity index (χ1v) is 12.6. The largest absolute Gasteiger partial charge is 0.366 e. The van der Waals surface area contributed by atoms with Crippen molar-refractivity contribution >= 4 is 34.3 Å². The van der Waals surface area contributed by atoms with Gasteiger partial charge >= 0.3 is 0 Å². The standard InChI is InChI=1S/C30H22ClF3N4O2/c31-25-5-3-17(11-24(25)30(35)40)22-2-1-7-36-29(22)27(10-16-8-20(33)13-21(34)9-16)38-28(39)12-18-15-37-26-6-4-19(32)14-23(18)26/h1-9,11,13-15,27,37H,10,12H2,(H2,35,40)(H,38,39). The molecule has 6 nitrogen and oxygen atoms in total. The van der Waals surface area contributed by atoms with Gasteiger partial charge in [-0.2, -0.15) is 0 Å². The first-order valence-electron chi connectivity index (χ1n) is 12.2. The SMILES string of the molecule is NC(=O)c1cc(-c2cccnc2C(Cc2cc(F)cc(F)c2)NC(=O)Cc2c[nH]c3ccc(F)cc23)ccc1Cl. The Kier molecular flexibility index (Phi) is 7.57. The normalized spacial score (nSPS) is 11.9. The molecular formula is C30H22ClF3N4O2. The number of hydrogen-bond donors (Lipinski definition) is 3. The second kappa shape index (κ2) is 11.2. The van der Waals surface area contributed by atoms with E-state index in [2.05, 4.69) is 15.3 Å². The number of carbonyl (C=O) groups is 2. The van der Waals surface area contributed by atoms with Crippen LogP contribution in [0.2, 0.25) is 5.02 Å². The van der Waals surface area contributed by atoms with Gasteiger partial charge in [0.2, 0.25) is 11.8 Å². The third-order valence-corrected chi connectivity index (χ3v) is 6.82. The fourth-order valence-corrected chi connectivity index (χ4v) is 4.93. The molecule has 3 aromatic carbocycles. The van der Waals surface area contributed by atoms with E-state index < -0.39 is 35.3 Å². The lowest BCUT2D eigenvalue weighted by Gasteiger charge is -2.22. The van der Waals surface area contributed by atoms with E-state index in [0.29, 0.717) is 38.9 Å². The van der Waals surface area contributed by atoms with Gasteiger partial charge in [-0.25, -0.2) is 13.2 Å². The summed E-state index contributed by atoms with van der Waals surface area (Å²) in [4.78, 5) is 32.7. The quantitative estimate of drug-likeness (QED) is 0.215. The Morgan fingerprint density at radius 2 is 1.75 bits per heavy atom. The van der Waals surface area contributed by atoms with Gasteiger partial charge in [-0.15, -0.1) is 0 Å². The lowest BCUT2D eigenvalue weighted by Crippen LogP contribution is -2.32. The van der Waals surface area contributed by atoms with Gasteiger partial charge in [-0.3, -0.25) is 14.6 Å². The average molecular weight is 563 g/mol. The number of aromatic nitrogens is 2. The van der Waals surface area contributed by atoms with E-state index in [9.17, 15) is 22.8 Å². The number of fused-ring (bicyclic) bond motifs is 1. The van der Waals surface area contributed by atoms with Crippen molar-refractivity contribution in [3.05, 3.63) is 124 Å². The molecule has 5 rings (SSSR count). The number of amides is 2. The van der Waals surface area contributed by atoms with Crippen LogP contribution >= 0.6 is 11.6 Å². The van der Waals surface area contributed by atoms with E-state index >= 15 is 0 Å². The van der Waals surface area contributed by atoms with Crippen LogP contribution in [0.25, 0.3) is 22.0 Å². The third kappa shape index (κ3) is 5.84. The summed E-state index contributed by atoms with van der Waals surface area (Å²) >= 11 is 6.14. The molecule has 40 heavy (non-hydrogen) atoms. The number of halogens is 4. The van der Waals surface area contributed by atoms with Crippen LogP contribution in [0, 0.1) is 17.5 Å². The molecule has 0 aliphatic heterocycles. The van der Waals surface area contributed by atoms with E-state index in [1.165, 1.54) is 42.6 Å². The van der Waals surface area contributed by atoms with Gasteiger partial charge in [-0.05, 0) is 71.6 Å². The Morgan fingerprint density at radius 1 is 0.975 bits per heavy atom. The molecule has 5 aromatic rings. The van der Waals surface area contributed by atoms with Crippen molar-refractivity contribution in [1.82, 2.24) is 15.3 Å². The molecule has 0 saturated carbocycles. The molecule has 0 saturated heterocycles. The number of carbonyl (C=O) groups excluding carboxylic acids is 2. The van der Waals surface area contributed by atoms with E-state index in [0.717, 1.165) is 6.07 Å². The number of aromatic amines is 1. The summed E-state index contributed by atoms with van der Waals surface area (Å²) in [6.07, 6.45) is 3.07. The predicted molar refractivity (Wildman–Crippen MR) is 146 cm³/mol. The fraction of sp³-hybridized carbons (Fsp3) is 0.100. The molecular weight excluding hydrogens is 541 g/mol. The van der Waals surface area contributed by atoms with Crippen molar-refractivity contribution < 1.29 is 22.8 Å². The van der Waals surface area contributed by atoms with Crippen LogP contribution in [-0.4, -0.2) is 21.8 Å². The van der Waals surface area contributed by atoms with Gasteiger partial charge in [0.1, 0.15) is 17.5 Å². The minimum Gasteiger partial charge on any atom is -0.366 e. The first kappa shape index (κ1) is 27.0. The van der Waals surface area contributed by atoms with E-state index in [1.807, 2.05) is 0 Å². The molecule has 1 unspecified atom stereocenters. The second-order valence-corrected chi connectivity index (χ2v) is 9.68. The number of primary amides is 1. The lowest BCUT2D eigenvalue weighted by molar-refractivity contribution is -0.121. The molecule has 2 aromatic heterocycles. The highest BCUT2D eigenvalue weighted by molar-refractivity contribution is 6.33. The van der Waals surface area contributed by atoms with Crippen LogP contribution in [-0.2, 0) is 17.6 Å². The van der Waals surface area contributed by atoms with Crippen molar-refractivity contribution in [2.24, 2.45) is 5.73 Å². The van der Waals surface area contributed by atoms with Crippen LogP contribution in [0.1, 0.15) is 33.2 Å². The zero-order valence-electron chi connectivity index (χ0n) is 20.9. The van der Waals surface area contributed by atoms with Crippen molar-refractivity contribution in [2.75, 3.05) is 0 Å². The molecule has 2 heterocycles. The molecule has 202 valence electrons. The number of nitrogens with two attached hydrogens (primary N) is 1. The number of hydrogen-bond acceptors (Lipinski definition) is 3. The minimum absolute atomic E-state index is 0.00319. The summed E-state index contributed by atoms with van der Waals surface area (Å²) in [5, 5.41) is 3.67. The Morgan fingerprint density at radius 3 is 2.50 bits per heavy atom. The van der Waals surface area contributed by atoms with Crippen molar-refractivity contribution in [1.29, 1.82) is 0 Å². The Balaban J connectivity index is 1.53. The Bertz CT molecular complexity index is 1730. The van der Waals surface area contributed by atoms with E-state index in [4.69, 9.17) is 17.3 Å². The number of pyridine rings is 1. The lowest BCUT2D eigenvalue weighted by atomic mass is 9.94. The summed E-state index contributed by atoms with van der Waals surface area (Å²) in [5.74, 6) is -3.09. The van der Waals surface area contributed by atoms with Gasteiger partial charge in [0.05, 0.1) is 28.7 Å². The molecule has 1 atom stereocenters. The smallest absolute Gasteiger partial charge is 0.250 e. The number of nitrogens with zero attached hydrogens (tertiary/aromatic N) is 1. The molecule has 10 heteroatoms. The van der Waals surface area contributed by atoms with Crippen molar-refractivity contribution in [2.45, 2.75) is 18.9 Å². The topological polar surface area (TPSA) is 101 Å². The van der Waals surface area contributed by atoms with Gasteiger partial charge in [0, 0.05) is 34.9 Å². The van der Waals surface area contributed by atoms with Gasteiger partial charge in [0.25, 0.3) is 0 Å². The average Bonchev–Trinajstić information content (AvgIpc) is 3.29. The molecule has 0 bridgehead atoms. The molecule has 4 N–H and O–H groups in total. The maximum atomic E-state index is 14.0. The van der Waals surface area contributed by atoms with Crippen molar-refractivity contribution in [3.63, 3.8) is 0 Å². The van der Waals surface area contributed by atoms with Crippen LogP contribution in [0.5, 0.6) is 0 Å². The van der Waals surface area contributed by atoms with Gasteiger partial charge in [0.15, 0.2) is 0 Å². The van der Waals surface area contributed by atoms with Crippen LogP contribution in [0.4, 0.5) is 13.2 Å². The summed E-state index contributed by atoms with van der Waals surface area (Å²) < 4.78 is 41.9. The third-order valence-electron chi connectivity index (χ3n) is 6.49. The first-order chi connectivity index (χ1) is 19.2. The summed E-state index contributed by atoms with van der Waals surface area (Å²) in [7, 11) is 0. The molecule has 0 aliphatic carbocycles. The number of H-pyrrole nitrogens is 1. The van der Waals surface area contributed by atoms with Crippen LogP contribution in [0.15, 0.2) is 79.1 Å². The maximum absolute atomic E-state index is 14.0. The fourth-order valence-electron chi connectivity index (χ4n) is 4.72. The van der Waals surface area contributed by atoms with Crippen LogP contribution in [0.3, 0.4) is 0 Å². The molecule has 0 radical (unpaired) electrons. The molecule has 0 spiro atoms. The summed E-state index contributed by atoms with van der Waals surface area (Å²) in [6.45, 7) is 0. The maximum Gasteiger partial charge on any atom is 0.250 e. The van der Waals surface area contributed by atoms with Crippen molar-refractivity contribution in [3.8, 4) is 11.1 Å². The highest BCUT2D eigenvalue weighted by Gasteiger charge is 2.23. The number of benzene rings is 3. The minimum atomic E-state index is -0.834. The second-order valence-electron chi connectivity index (χ2n) is 9.28. The van der Waals surface area contributed by atoms with E-state index in [-0.39, 0.29) is 23.4 Å². The molecule has 0 fully saturated rings. The highest BCUT2D eigenvalue weighted by Crippen LogP contribution is 2.32. The van der Waals surface area contributed by atoms with Gasteiger partial charge in [-0.1, -0.05) is 23.7 Å². The Labute approximate surface area is 232 Å². The molecule has 2 amide bonds. The van der Waals surface area contributed by atoms with Gasteiger partial charge < -0.3 is 16.0 Å². The highest BCUT2D eigenvalue weighted by atomic mass is 35.5. The summed E-state index contributed by atoms with van der Waals surface area (Å²) in [5.41, 5.74) is 8.63. The molecule has 0 aliphatic rings. The predicted octanol–water partition coefficient (Wildman–Crippen LogP) is 6.04. The number of rotatable bonds is 8. The Hall–Kier alpha value is -4.63. The monoisotopic (exact) mass is 562 g/mol. The zero-order valence-corrected chi connectivity index (χ0v) is 21.6. The summed E-state index contributed by atoms with van der Waals surface area (Å²) in [6, 6.07) is 14.7. The number of nitrogens with one attached hydrogen (secondary N) is 2.